The van der Waals surface area contributed by atoms with Crippen molar-refractivity contribution in [1.82, 2.24) is 0 Å². The number of nitrogens with one attached hydrogen (secondary N) is 1. The first-order chi connectivity index (χ1) is 11.7. The number of hydrogen-bond acceptors (Lipinski definition) is 2. The van der Waals surface area contributed by atoms with E-state index in [1.165, 1.54) is 5.56 Å². The molecule has 0 radical (unpaired) electrons. The van der Waals surface area contributed by atoms with Crippen LogP contribution in [0.4, 0.5) is 5.69 Å². The third-order valence-electron chi connectivity index (χ3n) is 4.96. The van der Waals surface area contributed by atoms with Crippen molar-refractivity contribution in [3.63, 3.8) is 0 Å². The first kappa shape index (κ1) is 15.9. The normalized spacial score (nSPS) is 24.2. The highest BCUT2D eigenvalue weighted by Crippen LogP contribution is 2.51. The van der Waals surface area contributed by atoms with E-state index in [1.54, 1.807) is 0 Å². The van der Waals surface area contributed by atoms with E-state index in [0.717, 1.165) is 23.4 Å². The summed E-state index contributed by atoms with van der Waals surface area (Å²) in [5.74, 6) is 1.74. The van der Waals surface area contributed by atoms with Crippen LogP contribution in [-0.4, -0.2) is 6.61 Å². The maximum atomic E-state index is 6.50. The van der Waals surface area contributed by atoms with Crippen LogP contribution in [0, 0.1) is 5.92 Å². The van der Waals surface area contributed by atoms with Gasteiger partial charge in [-0.2, -0.15) is 0 Å². The molecule has 0 bridgehead atoms. The molecule has 0 aromatic heterocycles. The maximum Gasteiger partial charge on any atom is 0.119 e. The van der Waals surface area contributed by atoms with Crippen molar-refractivity contribution in [1.29, 1.82) is 0 Å². The summed E-state index contributed by atoms with van der Waals surface area (Å²) in [6.07, 6.45) is 5.61. The van der Waals surface area contributed by atoms with E-state index in [0.29, 0.717) is 28.5 Å². The summed E-state index contributed by atoms with van der Waals surface area (Å²) in [6, 6.07) is 12.3. The number of benzene rings is 2. The number of allylic oxidation sites excluding steroid dienone is 2. The first-order valence-corrected chi connectivity index (χ1v) is 9.08. The fraction of sp³-hybridized carbons (Fsp3) is 0.300. The second kappa shape index (κ2) is 6.34. The van der Waals surface area contributed by atoms with Crippen molar-refractivity contribution in [2.75, 3.05) is 11.9 Å². The number of halogens is 2. The summed E-state index contributed by atoms with van der Waals surface area (Å²) < 4.78 is 5.68. The highest BCUT2D eigenvalue weighted by molar-refractivity contribution is 6.42. The van der Waals surface area contributed by atoms with Crippen LogP contribution in [0.15, 0.2) is 48.6 Å². The lowest BCUT2D eigenvalue weighted by molar-refractivity contribution is 0.338. The summed E-state index contributed by atoms with van der Waals surface area (Å²) in [5.41, 5.74) is 3.52. The fourth-order valence-corrected chi connectivity index (χ4v) is 4.32. The van der Waals surface area contributed by atoms with Gasteiger partial charge in [-0.05, 0) is 54.7 Å². The summed E-state index contributed by atoms with van der Waals surface area (Å²) in [4.78, 5) is 0. The highest BCUT2D eigenvalue weighted by atomic mass is 35.5. The standard InChI is InChI=1S/C20H19Cl2NO/c1-2-24-12-9-10-18-16(11-12)13-5-3-6-14(13)20(23-18)15-7-4-8-17(21)19(15)22/h3-5,7-11,13-14,20,23H,2,6H2,1H3/t13-,14-,20+/m1/s1. The van der Waals surface area contributed by atoms with Crippen LogP contribution in [0.3, 0.4) is 0 Å². The molecule has 0 fully saturated rings. The van der Waals surface area contributed by atoms with Gasteiger partial charge in [0.05, 0.1) is 22.7 Å². The molecular weight excluding hydrogens is 341 g/mol. The Morgan fingerprint density at radius 3 is 2.88 bits per heavy atom. The minimum absolute atomic E-state index is 0.154. The summed E-state index contributed by atoms with van der Waals surface area (Å²) in [7, 11) is 0. The monoisotopic (exact) mass is 359 g/mol. The van der Waals surface area contributed by atoms with E-state index in [-0.39, 0.29) is 6.04 Å². The van der Waals surface area contributed by atoms with Gasteiger partial charge in [-0.1, -0.05) is 47.5 Å². The predicted molar refractivity (Wildman–Crippen MR) is 100 cm³/mol. The average molecular weight is 360 g/mol. The molecule has 0 unspecified atom stereocenters. The van der Waals surface area contributed by atoms with Gasteiger partial charge in [0.25, 0.3) is 0 Å². The number of rotatable bonds is 3. The minimum atomic E-state index is 0.154. The van der Waals surface area contributed by atoms with Gasteiger partial charge >= 0.3 is 0 Å². The van der Waals surface area contributed by atoms with E-state index >= 15 is 0 Å². The molecule has 2 nitrogen and oxygen atoms in total. The Labute approximate surface area is 152 Å². The second-order valence-corrected chi connectivity index (χ2v) is 7.09. The Morgan fingerprint density at radius 2 is 2.04 bits per heavy atom. The molecule has 0 saturated heterocycles. The minimum Gasteiger partial charge on any atom is -0.494 e. The largest absolute Gasteiger partial charge is 0.494 e. The molecule has 24 heavy (non-hydrogen) atoms. The van der Waals surface area contributed by atoms with Crippen molar-refractivity contribution in [3.05, 3.63) is 69.7 Å². The Hall–Kier alpha value is -1.64. The van der Waals surface area contributed by atoms with Crippen molar-refractivity contribution < 1.29 is 4.74 Å². The maximum absolute atomic E-state index is 6.50. The smallest absolute Gasteiger partial charge is 0.119 e. The third-order valence-corrected chi connectivity index (χ3v) is 5.80. The topological polar surface area (TPSA) is 21.3 Å². The van der Waals surface area contributed by atoms with E-state index in [1.807, 2.05) is 25.1 Å². The van der Waals surface area contributed by atoms with E-state index in [4.69, 9.17) is 27.9 Å². The second-order valence-electron chi connectivity index (χ2n) is 6.30. The van der Waals surface area contributed by atoms with Gasteiger partial charge in [0, 0.05) is 11.6 Å². The van der Waals surface area contributed by atoms with Gasteiger partial charge in [0.1, 0.15) is 5.75 Å². The van der Waals surface area contributed by atoms with Crippen LogP contribution in [0.25, 0.3) is 0 Å². The SMILES string of the molecule is CCOc1ccc2c(c1)[C@@H]1C=CC[C@H]1[C@@H](c1cccc(Cl)c1Cl)N2. The number of hydrogen-bond donors (Lipinski definition) is 1. The van der Waals surface area contributed by atoms with Gasteiger partial charge in [0.15, 0.2) is 0 Å². The molecule has 0 spiro atoms. The van der Waals surface area contributed by atoms with Gasteiger partial charge in [-0.15, -0.1) is 0 Å². The Balaban J connectivity index is 1.77. The molecule has 2 aromatic carbocycles. The Morgan fingerprint density at radius 1 is 1.17 bits per heavy atom. The molecule has 1 heterocycles. The number of ether oxygens (including phenoxy) is 1. The van der Waals surface area contributed by atoms with Crippen molar-refractivity contribution in [2.24, 2.45) is 5.92 Å². The van der Waals surface area contributed by atoms with Crippen LogP contribution in [-0.2, 0) is 0 Å². The van der Waals surface area contributed by atoms with E-state index < -0.39 is 0 Å². The lowest BCUT2D eigenvalue weighted by Gasteiger charge is -2.38. The van der Waals surface area contributed by atoms with Gasteiger partial charge in [-0.3, -0.25) is 0 Å². The molecular formula is C20H19Cl2NO. The van der Waals surface area contributed by atoms with Gasteiger partial charge in [0.2, 0.25) is 0 Å². The fourth-order valence-electron chi connectivity index (χ4n) is 3.90. The zero-order chi connectivity index (χ0) is 16.7. The number of anilines is 1. The van der Waals surface area contributed by atoms with Crippen LogP contribution < -0.4 is 10.1 Å². The molecule has 2 aliphatic rings. The van der Waals surface area contributed by atoms with E-state index in [9.17, 15) is 0 Å². The highest BCUT2D eigenvalue weighted by Gasteiger charge is 2.38. The molecule has 1 N–H and O–H groups in total. The van der Waals surface area contributed by atoms with Crippen LogP contribution >= 0.6 is 23.2 Å². The van der Waals surface area contributed by atoms with Crippen LogP contribution in [0.1, 0.15) is 36.4 Å². The molecule has 1 aliphatic heterocycles. The summed E-state index contributed by atoms with van der Waals surface area (Å²) in [6.45, 7) is 2.68. The predicted octanol–water partition coefficient (Wildman–Crippen LogP) is 6.22. The molecule has 2 aromatic rings. The van der Waals surface area contributed by atoms with Gasteiger partial charge < -0.3 is 10.1 Å². The molecule has 0 amide bonds. The zero-order valence-electron chi connectivity index (χ0n) is 13.4. The molecule has 4 heteroatoms. The molecule has 1 aliphatic carbocycles. The average Bonchev–Trinajstić information content (AvgIpc) is 3.07. The molecule has 124 valence electrons. The first-order valence-electron chi connectivity index (χ1n) is 8.33. The zero-order valence-corrected chi connectivity index (χ0v) is 14.9. The quantitative estimate of drug-likeness (QED) is 0.656. The summed E-state index contributed by atoms with van der Waals surface area (Å²) in [5, 5.41) is 4.94. The molecule has 0 saturated carbocycles. The Kier molecular flexibility index (Phi) is 4.19. The van der Waals surface area contributed by atoms with Crippen molar-refractivity contribution in [3.8, 4) is 5.75 Å². The van der Waals surface area contributed by atoms with Crippen LogP contribution in [0.5, 0.6) is 5.75 Å². The van der Waals surface area contributed by atoms with Gasteiger partial charge in [-0.25, -0.2) is 0 Å². The van der Waals surface area contributed by atoms with Crippen molar-refractivity contribution >= 4 is 28.9 Å². The summed E-state index contributed by atoms with van der Waals surface area (Å²) >= 11 is 12.7. The third kappa shape index (κ3) is 2.58. The lowest BCUT2D eigenvalue weighted by Crippen LogP contribution is -2.29. The molecule has 3 atom stereocenters. The van der Waals surface area contributed by atoms with Crippen molar-refractivity contribution in [2.45, 2.75) is 25.3 Å². The van der Waals surface area contributed by atoms with E-state index in [2.05, 4.69) is 35.7 Å². The van der Waals surface area contributed by atoms with Crippen LogP contribution in [0.2, 0.25) is 10.0 Å². The molecule has 4 rings (SSSR count). The lowest BCUT2D eigenvalue weighted by atomic mass is 9.77. The Bertz CT molecular complexity index is 802. The number of fused-ring (bicyclic) bond motifs is 3.